The lowest BCUT2D eigenvalue weighted by Gasteiger charge is -2.18. The van der Waals surface area contributed by atoms with Crippen LogP contribution in [0.15, 0.2) is 66.1 Å². The minimum atomic E-state index is -0.829. The van der Waals surface area contributed by atoms with Gasteiger partial charge in [0.05, 0.1) is 11.4 Å². The molecular formula is C25H23F2N5OS. The van der Waals surface area contributed by atoms with Crippen LogP contribution in [-0.4, -0.2) is 31.4 Å². The van der Waals surface area contributed by atoms with Crippen molar-refractivity contribution in [1.82, 2.24) is 19.7 Å². The lowest BCUT2D eigenvalue weighted by atomic mass is 10.0. The SMILES string of the molecule is CCc1cccc(CC)c1-n1c(SCC(=O)Nc2c(F)cccc2F)nnc1-c1cccnc1. The number of benzene rings is 2. The molecule has 9 heteroatoms. The molecule has 0 unspecified atom stereocenters. The third-order valence-electron chi connectivity index (χ3n) is 5.30. The third kappa shape index (κ3) is 4.84. The van der Waals surface area contributed by atoms with Crippen molar-refractivity contribution in [3.8, 4) is 17.1 Å². The number of aryl methyl sites for hydroxylation is 2. The van der Waals surface area contributed by atoms with Gasteiger partial charge in [0.15, 0.2) is 11.0 Å². The summed E-state index contributed by atoms with van der Waals surface area (Å²) in [5.74, 6) is -1.71. The first-order valence-electron chi connectivity index (χ1n) is 10.9. The maximum absolute atomic E-state index is 13.9. The molecule has 6 nitrogen and oxygen atoms in total. The van der Waals surface area contributed by atoms with Gasteiger partial charge in [0.25, 0.3) is 0 Å². The molecule has 0 saturated carbocycles. The number of thioether (sulfide) groups is 1. The van der Waals surface area contributed by atoms with Crippen molar-refractivity contribution in [2.75, 3.05) is 11.1 Å². The second-order valence-electron chi connectivity index (χ2n) is 7.45. The van der Waals surface area contributed by atoms with Crippen molar-refractivity contribution in [3.63, 3.8) is 0 Å². The second kappa shape index (κ2) is 10.6. The number of para-hydroxylation sites is 2. The van der Waals surface area contributed by atoms with E-state index in [4.69, 9.17) is 0 Å². The quantitative estimate of drug-likeness (QED) is 0.340. The summed E-state index contributed by atoms with van der Waals surface area (Å²) in [6.45, 7) is 4.16. The average molecular weight is 480 g/mol. The van der Waals surface area contributed by atoms with E-state index >= 15 is 0 Å². The topological polar surface area (TPSA) is 72.7 Å². The Labute approximate surface area is 200 Å². The van der Waals surface area contributed by atoms with Crippen LogP contribution < -0.4 is 5.32 Å². The minimum Gasteiger partial charge on any atom is -0.320 e. The van der Waals surface area contributed by atoms with E-state index < -0.39 is 23.2 Å². The van der Waals surface area contributed by atoms with E-state index in [1.807, 2.05) is 22.8 Å². The van der Waals surface area contributed by atoms with Crippen LogP contribution in [0.1, 0.15) is 25.0 Å². The molecule has 0 bridgehead atoms. The van der Waals surface area contributed by atoms with Crippen LogP contribution in [-0.2, 0) is 17.6 Å². The molecule has 1 amide bonds. The highest BCUT2D eigenvalue weighted by Crippen LogP contribution is 2.32. The third-order valence-corrected chi connectivity index (χ3v) is 6.23. The first kappa shape index (κ1) is 23.6. The summed E-state index contributed by atoms with van der Waals surface area (Å²) >= 11 is 1.15. The van der Waals surface area contributed by atoms with E-state index in [9.17, 15) is 13.6 Å². The summed E-state index contributed by atoms with van der Waals surface area (Å²) in [4.78, 5) is 16.7. The number of carbonyl (C=O) groups excluding carboxylic acids is 1. The number of nitrogens with one attached hydrogen (secondary N) is 1. The first-order chi connectivity index (χ1) is 16.5. The number of anilines is 1. The zero-order valence-corrected chi connectivity index (χ0v) is 19.6. The van der Waals surface area contributed by atoms with Gasteiger partial charge in [0, 0.05) is 18.0 Å². The Kier molecular flexibility index (Phi) is 7.32. The minimum absolute atomic E-state index is 0.102. The Balaban J connectivity index is 1.71. The lowest BCUT2D eigenvalue weighted by molar-refractivity contribution is -0.113. The van der Waals surface area contributed by atoms with E-state index in [1.165, 1.54) is 6.07 Å². The van der Waals surface area contributed by atoms with Gasteiger partial charge < -0.3 is 5.32 Å². The van der Waals surface area contributed by atoms with Crippen molar-refractivity contribution in [2.45, 2.75) is 31.8 Å². The molecule has 1 N–H and O–H groups in total. The molecule has 0 radical (unpaired) electrons. The van der Waals surface area contributed by atoms with E-state index in [0.717, 1.165) is 59.1 Å². The molecule has 0 aliphatic carbocycles. The van der Waals surface area contributed by atoms with Gasteiger partial charge in [0.2, 0.25) is 5.91 Å². The van der Waals surface area contributed by atoms with Crippen LogP contribution in [0.5, 0.6) is 0 Å². The van der Waals surface area contributed by atoms with E-state index in [-0.39, 0.29) is 5.75 Å². The van der Waals surface area contributed by atoms with Gasteiger partial charge in [-0.05, 0) is 48.2 Å². The number of hydrogen-bond donors (Lipinski definition) is 1. The molecule has 34 heavy (non-hydrogen) atoms. The fourth-order valence-corrected chi connectivity index (χ4v) is 4.41. The van der Waals surface area contributed by atoms with Crippen molar-refractivity contribution >= 4 is 23.4 Å². The summed E-state index contributed by atoms with van der Waals surface area (Å²) in [5, 5.41) is 11.6. The maximum atomic E-state index is 13.9. The van der Waals surface area contributed by atoms with E-state index in [2.05, 4.69) is 46.5 Å². The van der Waals surface area contributed by atoms with Gasteiger partial charge in [-0.2, -0.15) is 0 Å². The summed E-state index contributed by atoms with van der Waals surface area (Å²) in [6.07, 6.45) is 4.99. The molecule has 0 atom stereocenters. The highest BCUT2D eigenvalue weighted by molar-refractivity contribution is 7.99. The van der Waals surface area contributed by atoms with Crippen LogP contribution in [0.4, 0.5) is 14.5 Å². The van der Waals surface area contributed by atoms with Crippen molar-refractivity contribution in [3.05, 3.63) is 83.7 Å². The number of halogens is 2. The molecule has 0 spiro atoms. The molecule has 4 aromatic rings. The molecule has 0 saturated heterocycles. The summed E-state index contributed by atoms with van der Waals surface area (Å²) < 4.78 is 29.8. The van der Waals surface area contributed by atoms with Crippen LogP contribution in [0.25, 0.3) is 17.1 Å². The largest absolute Gasteiger partial charge is 0.320 e. The zero-order valence-electron chi connectivity index (χ0n) is 18.8. The number of amides is 1. The van der Waals surface area contributed by atoms with Crippen LogP contribution in [0.3, 0.4) is 0 Å². The average Bonchev–Trinajstić information content (AvgIpc) is 3.28. The van der Waals surface area contributed by atoms with Gasteiger partial charge >= 0.3 is 0 Å². The van der Waals surface area contributed by atoms with Gasteiger partial charge in [0.1, 0.15) is 17.3 Å². The monoisotopic (exact) mass is 479 g/mol. The molecule has 4 rings (SSSR count). The Morgan fingerprint density at radius 2 is 1.65 bits per heavy atom. The number of nitrogens with zero attached hydrogens (tertiary/aromatic N) is 4. The second-order valence-corrected chi connectivity index (χ2v) is 8.39. The fraction of sp³-hybridized carbons (Fsp3) is 0.200. The standard InChI is InChI=1S/C25H23F2N5OS/c1-3-16-8-5-9-17(4-2)23(16)32-24(18-10-7-13-28-14-18)30-31-25(32)34-15-21(33)29-22-19(26)11-6-12-20(22)27/h5-14H,3-4,15H2,1-2H3,(H,29,33). The molecule has 2 aromatic carbocycles. The van der Waals surface area contributed by atoms with Crippen molar-refractivity contribution < 1.29 is 13.6 Å². The Morgan fingerprint density at radius 1 is 0.971 bits per heavy atom. The Bertz CT molecular complexity index is 1270. The number of aromatic nitrogens is 4. The molecule has 2 heterocycles. The van der Waals surface area contributed by atoms with Crippen LogP contribution >= 0.6 is 11.8 Å². The summed E-state index contributed by atoms with van der Waals surface area (Å²) in [7, 11) is 0. The molecule has 2 aromatic heterocycles. The molecule has 174 valence electrons. The fourth-order valence-electron chi connectivity index (χ4n) is 3.67. The lowest BCUT2D eigenvalue weighted by Crippen LogP contribution is -2.17. The Hall–Kier alpha value is -3.59. The predicted octanol–water partition coefficient (Wildman–Crippen LogP) is 5.46. The van der Waals surface area contributed by atoms with Crippen molar-refractivity contribution in [2.24, 2.45) is 0 Å². The van der Waals surface area contributed by atoms with Gasteiger partial charge in [-0.3, -0.25) is 14.3 Å². The Morgan fingerprint density at radius 3 is 2.26 bits per heavy atom. The number of hydrogen-bond acceptors (Lipinski definition) is 5. The maximum Gasteiger partial charge on any atom is 0.235 e. The molecule has 0 aliphatic heterocycles. The summed E-state index contributed by atoms with van der Waals surface area (Å²) in [6, 6.07) is 13.3. The van der Waals surface area contributed by atoms with Crippen LogP contribution in [0, 0.1) is 11.6 Å². The number of carbonyl (C=O) groups is 1. The number of rotatable bonds is 8. The normalized spacial score (nSPS) is 10.9. The van der Waals surface area contributed by atoms with E-state index in [1.54, 1.807) is 12.4 Å². The highest BCUT2D eigenvalue weighted by Gasteiger charge is 2.21. The van der Waals surface area contributed by atoms with Gasteiger partial charge in [-0.1, -0.05) is 49.9 Å². The molecule has 0 aliphatic rings. The zero-order chi connectivity index (χ0) is 24.1. The molecule has 0 fully saturated rings. The molecular weight excluding hydrogens is 456 g/mol. The predicted molar refractivity (Wildman–Crippen MR) is 129 cm³/mol. The van der Waals surface area contributed by atoms with Gasteiger partial charge in [-0.25, -0.2) is 8.78 Å². The summed E-state index contributed by atoms with van der Waals surface area (Å²) in [5.41, 5.74) is 3.52. The highest BCUT2D eigenvalue weighted by atomic mass is 32.2. The van der Waals surface area contributed by atoms with Crippen molar-refractivity contribution in [1.29, 1.82) is 0 Å². The smallest absolute Gasteiger partial charge is 0.235 e. The number of pyridine rings is 1. The van der Waals surface area contributed by atoms with Gasteiger partial charge in [-0.15, -0.1) is 10.2 Å². The van der Waals surface area contributed by atoms with Crippen LogP contribution in [0.2, 0.25) is 0 Å². The van der Waals surface area contributed by atoms with E-state index in [0.29, 0.717) is 11.0 Å². The first-order valence-corrected chi connectivity index (χ1v) is 11.9.